The minimum absolute atomic E-state index is 0.406. The fourth-order valence-corrected chi connectivity index (χ4v) is 3.93. The first-order chi connectivity index (χ1) is 18.7. The molecule has 3 aromatic carbocycles. The molecule has 7 heteroatoms. The van der Waals surface area contributed by atoms with Crippen LogP contribution >= 0.6 is 0 Å². The van der Waals surface area contributed by atoms with Gasteiger partial charge in [-0.25, -0.2) is 14.2 Å². The summed E-state index contributed by atoms with van der Waals surface area (Å²) in [7, 11) is 4.01. The van der Waals surface area contributed by atoms with E-state index in [1.807, 2.05) is 59.4 Å². The molecule has 39 heavy (non-hydrogen) atoms. The van der Waals surface area contributed by atoms with Gasteiger partial charge in [0.05, 0.1) is 11.1 Å². The Balaban J connectivity index is 1.33. The third-order valence-electron chi connectivity index (χ3n) is 6.45. The zero-order valence-corrected chi connectivity index (χ0v) is 22.9. The number of rotatable bonds is 9. The molecule has 0 saturated heterocycles. The highest BCUT2D eigenvalue weighted by Gasteiger charge is 2.16. The zero-order chi connectivity index (χ0) is 27.9. The summed E-state index contributed by atoms with van der Waals surface area (Å²) in [6.45, 7) is 6.76. The quantitative estimate of drug-likeness (QED) is 0.164. The van der Waals surface area contributed by atoms with E-state index < -0.39 is 11.9 Å². The minimum Gasteiger partial charge on any atom is -0.487 e. The molecule has 0 spiro atoms. The van der Waals surface area contributed by atoms with E-state index in [0.29, 0.717) is 47.1 Å². The number of esters is 2. The van der Waals surface area contributed by atoms with E-state index in [9.17, 15) is 9.59 Å². The van der Waals surface area contributed by atoms with Crippen molar-refractivity contribution in [1.82, 2.24) is 0 Å². The number of carbonyl (C=O) groups excluding carboxylic acids is 2. The van der Waals surface area contributed by atoms with Gasteiger partial charge in [-0.3, -0.25) is 0 Å². The Morgan fingerprint density at radius 2 is 1.33 bits per heavy atom. The van der Waals surface area contributed by atoms with Crippen LogP contribution in [0.2, 0.25) is 0 Å². The molecule has 0 aliphatic carbocycles. The van der Waals surface area contributed by atoms with Gasteiger partial charge in [-0.15, -0.1) is 0 Å². The zero-order valence-electron chi connectivity index (χ0n) is 22.9. The number of ether oxygens (including phenoxy) is 3. The van der Waals surface area contributed by atoms with Crippen LogP contribution in [0.5, 0.6) is 17.2 Å². The number of hydrogen-bond donors (Lipinski definition) is 0. The predicted octanol–water partition coefficient (Wildman–Crippen LogP) is 5.48. The molecule has 0 saturated carbocycles. The van der Waals surface area contributed by atoms with Crippen LogP contribution in [0.4, 0.5) is 5.69 Å². The molecule has 200 valence electrons. The molecular formula is C32H33N2O5+. The van der Waals surface area contributed by atoms with Gasteiger partial charge in [-0.05, 0) is 80.4 Å². The number of aryl methyl sites for hydroxylation is 1. The van der Waals surface area contributed by atoms with Crippen LogP contribution in [-0.4, -0.2) is 32.6 Å². The molecular weight excluding hydrogens is 492 g/mol. The number of benzene rings is 3. The number of aromatic nitrogens is 1. The Bertz CT molecular complexity index is 1460. The number of carbonyl (C=O) groups is 2. The lowest BCUT2D eigenvalue weighted by molar-refractivity contribution is -0.697. The Morgan fingerprint density at radius 3 is 1.90 bits per heavy atom. The normalized spacial score (nSPS) is 10.6. The van der Waals surface area contributed by atoms with Crippen molar-refractivity contribution >= 4 is 17.6 Å². The van der Waals surface area contributed by atoms with Gasteiger partial charge in [0.25, 0.3) is 0 Å². The van der Waals surface area contributed by atoms with Gasteiger partial charge in [-0.2, -0.15) is 0 Å². The standard InChI is InChI=1S/C32H33N2O5/c1-22-7-6-8-26(21-22)32(36)39-30-14-13-29(23(2)24(30)3)38-31(35)25-9-11-28(12-10-25)37-20-19-34-17-15-27(16-18-34)33(4)5/h6-18,21H,19-20H2,1-5H3/q+1. The van der Waals surface area contributed by atoms with Gasteiger partial charge < -0.3 is 19.1 Å². The SMILES string of the molecule is Cc1cccc(C(=O)Oc2ccc(OC(=O)c3ccc(OCC[n+]4ccc(N(C)C)cc4)cc3)c(C)c2C)c1. The van der Waals surface area contributed by atoms with Crippen molar-refractivity contribution < 1.29 is 28.4 Å². The largest absolute Gasteiger partial charge is 0.487 e. The maximum absolute atomic E-state index is 12.8. The Labute approximate surface area is 229 Å². The molecule has 0 aliphatic rings. The summed E-state index contributed by atoms with van der Waals surface area (Å²) in [5.74, 6) is 0.584. The average Bonchev–Trinajstić information content (AvgIpc) is 2.93. The highest BCUT2D eigenvalue weighted by Crippen LogP contribution is 2.30. The molecule has 0 bridgehead atoms. The molecule has 0 atom stereocenters. The number of pyridine rings is 1. The molecule has 4 rings (SSSR count). The van der Waals surface area contributed by atoms with Crippen LogP contribution in [0.3, 0.4) is 0 Å². The second kappa shape index (κ2) is 12.3. The maximum atomic E-state index is 12.8. The van der Waals surface area contributed by atoms with Gasteiger partial charge in [0, 0.05) is 31.9 Å². The molecule has 0 radical (unpaired) electrons. The smallest absolute Gasteiger partial charge is 0.343 e. The monoisotopic (exact) mass is 525 g/mol. The lowest BCUT2D eigenvalue weighted by Gasteiger charge is -2.14. The summed E-state index contributed by atoms with van der Waals surface area (Å²) < 4.78 is 19.1. The summed E-state index contributed by atoms with van der Waals surface area (Å²) in [5, 5.41) is 0. The molecule has 7 nitrogen and oxygen atoms in total. The van der Waals surface area contributed by atoms with E-state index in [1.165, 1.54) is 0 Å². The highest BCUT2D eigenvalue weighted by atomic mass is 16.5. The lowest BCUT2D eigenvalue weighted by atomic mass is 10.1. The van der Waals surface area contributed by atoms with Gasteiger partial charge in [0.2, 0.25) is 0 Å². The molecule has 0 unspecified atom stereocenters. The van der Waals surface area contributed by atoms with Crippen LogP contribution in [0.25, 0.3) is 0 Å². The summed E-state index contributed by atoms with van der Waals surface area (Å²) in [6.07, 6.45) is 4.03. The maximum Gasteiger partial charge on any atom is 0.343 e. The molecule has 0 aliphatic heterocycles. The number of nitrogens with zero attached hydrogens (tertiary/aromatic N) is 2. The van der Waals surface area contributed by atoms with E-state index in [4.69, 9.17) is 14.2 Å². The lowest BCUT2D eigenvalue weighted by Crippen LogP contribution is -2.35. The van der Waals surface area contributed by atoms with Crippen molar-refractivity contribution in [3.63, 3.8) is 0 Å². The Morgan fingerprint density at radius 1 is 0.744 bits per heavy atom. The average molecular weight is 526 g/mol. The summed E-state index contributed by atoms with van der Waals surface area (Å²) in [6, 6.07) is 21.5. The van der Waals surface area contributed by atoms with E-state index in [2.05, 4.69) is 21.6 Å². The number of anilines is 1. The fourth-order valence-electron chi connectivity index (χ4n) is 3.93. The van der Waals surface area contributed by atoms with Crippen LogP contribution in [0, 0.1) is 20.8 Å². The molecule has 0 N–H and O–H groups in total. The van der Waals surface area contributed by atoms with E-state index in [0.717, 1.165) is 16.8 Å². The molecule has 4 aromatic rings. The first-order valence-corrected chi connectivity index (χ1v) is 12.7. The van der Waals surface area contributed by atoms with Gasteiger partial charge in [0.15, 0.2) is 18.9 Å². The Hall–Kier alpha value is -4.65. The van der Waals surface area contributed by atoms with Gasteiger partial charge >= 0.3 is 11.9 Å². The second-order valence-corrected chi connectivity index (χ2v) is 9.52. The van der Waals surface area contributed by atoms with Crippen molar-refractivity contribution in [3.8, 4) is 17.2 Å². The summed E-state index contributed by atoms with van der Waals surface area (Å²) in [4.78, 5) is 27.4. The number of hydrogen-bond acceptors (Lipinski definition) is 6. The van der Waals surface area contributed by atoms with Crippen LogP contribution in [0.1, 0.15) is 37.4 Å². The van der Waals surface area contributed by atoms with Gasteiger partial charge in [-0.1, -0.05) is 17.7 Å². The molecule has 0 amide bonds. The van der Waals surface area contributed by atoms with E-state index in [-0.39, 0.29) is 0 Å². The predicted molar refractivity (Wildman–Crippen MR) is 150 cm³/mol. The van der Waals surface area contributed by atoms with Crippen molar-refractivity contribution in [3.05, 3.63) is 113 Å². The first-order valence-electron chi connectivity index (χ1n) is 12.7. The van der Waals surface area contributed by atoms with Crippen LogP contribution < -0.4 is 23.7 Å². The molecule has 0 fully saturated rings. The molecule has 1 aromatic heterocycles. The second-order valence-electron chi connectivity index (χ2n) is 9.52. The van der Waals surface area contributed by atoms with Crippen molar-refractivity contribution in [2.75, 3.05) is 25.6 Å². The molecule has 1 heterocycles. The first kappa shape index (κ1) is 27.4. The van der Waals surface area contributed by atoms with E-state index in [1.54, 1.807) is 48.5 Å². The van der Waals surface area contributed by atoms with Crippen LogP contribution in [0.15, 0.2) is 85.2 Å². The third kappa shape index (κ3) is 7.02. The topological polar surface area (TPSA) is 68.9 Å². The minimum atomic E-state index is -0.481. The summed E-state index contributed by atoms with van der Waals surface area (Å²) >= 11 is 0. The van der Waals surface area contributed by atoms with Crippen LogP contribution in [-0.2, 0) is 6.54 Å². The highest BCUT2D eigenvalue weighted by molar-refractivity contribution is 5.92. The third-order valence-corrected chi connectivity index (χ3v) is 6.45. The van der Waals surface area contributed by atoms with Crippen molar-refractivity contribution in [2.24, 2.45) is 0 Å². The fraction of sp³-hybridized carbons (Fsp3) is 0.219. The van der Waals surface area contributed by atoms with Crippen molar-refractivity contribution in [1.29, 1.82) is 0 Å². The van der Waals surface area contributed by atoms with E-state index >= 15 is 0 Å². The summed E-state index contributed by atoms with van der Waals surface area (Å²) in [5.41, 5.74) is 4.44. The Kier molecular flexibility index (Phi) is 8.61. The van der Waals surface area contributed by atoms with Crippen molar-refractivity contribution in [2.45, 2.75) is 27.3 Å². The van der Waals surface area contributed by atoms with Gasteiger partial charge in [0.1, 0.15) is 23.9 Å².